The van der Waals surface area contributed by atoms with Gasteiger partial charge in [0.2, 0.25) is 11.8 Å². The Morgan fingerprint density at radius 1 is 1.33 bits per heavy atom. The molecule has 1 aromatic rings. The average molecular weight is 377 g/mol. The Morgan fingerprint density at radius 3 is 2.59 bits per heavy atom. The second kappa shape index (κ2) is 7.59. The van der Waals surface area contributed by atoms with Gasteiger partial charge < -0.3 is 15.3 Å². The Balaban J connectivity index is 1.57. The summed E-state index contributed by atoms with van der Waals surface area (Å²) in [6.45, 7) is 8.74. The zero-order chi connectivity index (χ0) is 19.8. The van der Waals surface area contributed by atoms with E-state index in [0.29, 0.717) is 45.4 Å². The Morgan fingerprint density at radius 2 is 2.00 bits per heavy atom. The first-order chi connectivity index (χ1) is 12.8. The number of carbonyl (C=O) groups is 2. The second-order valence-corrected chi connectivity index (χ2v) is 8.01. The van der Waals surface area contributed by atoms with Crippen LogP contribution in [0.4, 0.5) is 5.69 Å². The number of hydrogen-bond donors (Lipinski definition) is 2. The lowest BCUT2D eigenvalue weighted by Crippen LogP contribution is -2.56. The molecule has 2 aliphatic heterocycles. The monoisotopic (exact) mass is 377 g/mol. The Kier molecular flexibility index (Phi) is 5.58. The van der Waals surface area contributed by atoms with Crippen LogP contribution in [0, 0.1) is 19.3 Å². The fourth-order valence-corrected chi connectivity index (χ4v) is 4.53. The van der Waals surface area contributed by atoms with Crippen LogP contribution in [-0.4, -0.2) is 75.8 Å². The standard InChI is InChI=1S/C19H31N5O3/c1-5-24-14(3)17(13(2)21-24)20-16(26)12-23-8-6-19(7-9-23)10-15(25)11-22(4)18(19)27/h15,25H,5-12H2,1-4H3,(H,20,26). The highest BCUT2D eigenvalue weighted by Crippen LogP contribution is 2.40. The molecule has 0 aromatic carbocycles. The first kappa shape index (κ1) is 19.8. The number of nitrogens with one attached hydrogen (secondary N) is 1. The van der Waals surface area contributed by atoms with Crippen molar-refractivity contribution in [2.75, 3.05) is 38.5 Å². The van der Waals surface area contributed by atoms with E-state index >= 15 is 0 Å². The molecule has 1 atom stereocenters. The van der Waals surface area contributed by atoms with Crippen LogP contribution in [0.2, 0.25) is 0 Å². The zero-order valence-corrected chi connectivity index (χ0v) is 16.8. The third-order valence-electron chi connectivity index (χ3n) is 6.04. The van der Waals surface area contributed by atoms with Gasteiger partial charge in [0.1, 0.15) is 0 Å². The van der Waals surface area contributed by atoms with Crippen molar-refractivity contribution in [1.82, 2.24) is 19.6 Å². The van der Waals surface area contributed by atoms with Crippen molar-refractivity contribution in [2.24, 2.45) is 5.41 Å². The van der Waals surface area contributed by atoms with Gasteiger partial charge in [0.25, 0.3) is 0 Å². The molecule has 3 rings (SSSR count). The number of nitrogens with zero attached hydrogens (tertiary/aromatic N) is 4. The molecule has 27 heavy (non-hydrogen) atoms. The van der Waals surface area contributed by atoms with E-state index in [-0.39, 0.29) is 11.8 Å². The van der Waals surface area contributed by atoms with Crippen LogP contribution in [0.3, 0.4) is 0 Å². The summed E-state index contributed by atoms with van der Waals surface area (Å²) < 4.78 is 1.88. The van der Waals surface area contributed by atoms with Gasteiger partial charge in [0, 0.05) is 20.1 Å². The van der Waals surface area contributed by atoms with Crippen molar-refractivity contribution in [1.29, 1.82) is 0 Å². The Labute approximate surface area is 160 Å². The summed E-state index contributed by atoms with van der Waals surface area (Å²) in [5.74, 6) is 0.0788. The fourth-order valence-electron chi connectivity index (χ4n) is 4.53. The molecule has 1 aromatic heterocycles. The number of aliphatic hydroxyl groups is 1. The molecular weight excluding hydrogens is 346 g/mol. The van der Waals surface area contributed by atoms with Crippen LogP contribution >= 0.6 is 0 Å². The minimum Gasteiger partial charge on any atom is -0.391 e. The fraction of sp³-hybridized carbons (Fsp3) is 0.737. The number of aryl methyl sites for hydroxylation is 2. The highest BCUT2D eigenvalue weighted by Gasteiger charge is 2.47. The summed E-state index contributed by atoms with van der Waals surface area (Å²) >= 11 is 0. The molecule has 8 heteroatoms. The number of hydrogen-bond acceptors (Lipinski definition) is 5. The topological polar surface area (TPSA) is 90.7 Å². The van der Waals surface area contributed by atoms with Crippen LogP contribution in [0.25, 0.3) is 0 Å². The summed E-state index contributed by atoms with van der Waals surface area (Å²) in [5.41, 5.74) is 2.12. The second-order valence-electron chi connectivity index (χ2n) is 8.01. The van der Waals surface area contributed by atoms with Crippen molar-refractivity contribution < 1.29 is 14.7 Å². The molecule has 150 valence electrons. The SMILES string of the molecule is CCn1nc(C)c(NC(=O)CN2CCC3(CC2)CC(O)CN(C)C3=O)c1C. The number of likely N-dealkylation sites (tertiary alicyclic amines) is 2. The van der Waals surface area contributed by atoms with Crippen LogP contribution in [0.5, 0.6) is 0 Å². The van der Waals surface area contributed by atoms with Gasteiger partial charge in [0.15, 0.2) is 0 Å². The zero-order valence-electron chi connectivity index (χ0n) is 16.8. The number of rotatable bonds is 4. The average Bonchev–Trinajstić information content (AvgIpc) is 2.89. The number of aliphatic hydroxyl groups excluding tert-OH is 1. The van der Waals surface area contributed by atoms with Crippen molar-refractivity contribution in [3.63, 3.8) is 0 Å². The van der Waals surface area contributed by atoms with E-state index in [1.54, 1.807) is 11.9 Å². The molecule has 2 N–H and O–H groups in total. The molecular formula is C19H31N5O3. The molecule has 1 spiro atoms. The van der Waals surface area contributed by atoms with Gasteiger partial charge in [-0.15, -0.1) is 0 Å². The van der Waals surface area contributed by atoms with E-state index in [1.165, 1.54) is 0 Å². The molecule has 2 aliphatic rings. The summed E-state index contributed by atoms with van der Waals surface area (Å²) in [5, 5.41) is 17.5. The number of carbonyl (C=O) groups excluding carboxylic acids is 2. The van der Waals surface area contributed by atoms with Crippen molar-refractivity contribution in [2.45, 2.75) is 52.7 Å². The van der Waals surface area contributed by atoms with Crippen LogP contribution in [0.15, 0.2) is 0 Å². The minimum atomic E-state index is -0.463. The van der Waals surface area contributed by atoms with Crippen LogP contribution < -0.4 is 5.32 Å². The number of likely N-dealkylation sites (N-methyl/N-ethyl adjacent to an activating group) is 1. The van der Waals surface area contributed by atoms with Crippen LogP contribution in [-0.2, 0) is 16.1 Å². The van der Waals surface area contributed by atoms with E-state index in [1.807, 2.05) is 25.5 Å². The third kappa shape index (κ3) is 3.87. The maximum atomic E-state index is 12.6. The lowest BCUT2D eigenvalue weighted by atomic mass is 9.71. The Bertz CT molecular complexity index is 721. The van der Waals surface area contributed by atoms with Crippen molar-refractivity contribution >= 4 is 17.5 Å². The van der Waals surface area contributed by atoms with E-state index in [4.69, 9.17) is 0 Å². The largest absolute Gasteiger partial charge is 0.391 e. The van der Waals surface area contributed by atoms with E-state index in [2.05, 4.69) is 15.3 Å². The van der Waals surface area contributed by atoms with E-state index in [9.17, 15) is 14.7 Å². The lowest BCUT2D eigenvalue weighted by Gasteiger charge is -2.46. The predicted molar refractivity (Wildman–Crippen MR) is 102 cm³/mol. The van der Waals surface area contributed by atoms with Crippen LogP contribution in [0.1, 0.15) is 37.6 Å². The van der Waals surface area contributed by atoms with Gasteiger partial charge in [0.05, 0.1) is 35.1 Å². The molecule has 2 fully saturated rings. The predicted octanol–water partition coefficient (Wildman–Crippen LogP) is 0.764. The molecule has 0 bridgehead atoms. The maximum Gasteiger partial charge on any atom is 0.238 e. The highest BCUT2D eigenvalue weighted by molar-refractivity contribution is 5.93. The molecule has 0 radical (unpaired) electrons. The summed E-state index contributed by atoms with van der Waals surface area (Å²) in [7, 11) is 1.76. The van der Waals surface area contributed by atoms with Gasteiger partial charge >= 0.3 is 0 Å². The van der Waals surface area contributed by atoms with Gasteiger partial charge in [-0.3, -0.25) is 19.2 Å². The molecule has 1 unspecified atom stereocenters. The maximum absolute atomic E-state index is 12.6. The highest BCUT2D eigenvalue weighted by atomic mass is 16.3. The molecule has 8 nitrogen and oxygen atoms in total. The number of anilines is 1. The summed E-state index contributed by atoms with van der Waals surface area (Å²) in [6, 6.07) is 0. The van der Waals surface area contributed by atoms with Gasteiger partial charge in [-0.25, -0.2) is 0 Å². The smallest absolute Gasteiger partial charge is 0.238 e. The normalized spacial score (nSPS) is 23.1. The van der Waals surface area contributed by atoms with E-state index in [0.717, 1.165) is 23.6 Å². The molecule has 0 saturated carbocycles. The van der Waals surface area contributed by atoms with Crippen molar-refractivity contribution in [3.8, 4) is 0 Å². The number of amides is 2. The number of aromatic nitrogens is 2. The first-order valence-electron chi connectivity index (χ1n) is 9.75. The minimum absolute atomic E-state index is 0.0556. The molecule has 0 aliphatic carbocycles. The molecule has 2 saturated heterocycles. The Hall–Kier alpha value is -1.93. The molecule has 2 amide bonds. The van der Waals surface area contributed by atoms with Gasteiger partial charge in [-0.2, -0.15) is 5.10 Å². The van der Waals surface area contributed by atoms with Crippen molar-refractivity contribution in [3.05, 3.63) is 11.4 Å². The van der Waals surface area contributed by atoms with Gasteiger partial charge in [-0.05, 0) is 53.1 Å². The van der Waals surface area contributed by atoms with Gasteiger partial charge in [-0.1, -0.05) is 0 Å². The summed E-state index contributed by atoms with van der Waals surface area (Å²) in [4.78, 5) is 28.9. The number of piperidine rings is 2. The molecule has 3 heterocycles. The lowest BCUT2D eigenvalue weighted by molar-refractivity contribution is -0.154. The number of β-amino-alcohol motifs (C(OH)–C–C–N with tert-alkyl or cyclic N) is 1. The first-order valence-corrected chi connectivity index (χ1v) is 9.75. The summed E-state index contributed by atoms with van der Waals surface area (Å²) in [6.07, 6.45) is 1.45. The third-order valence-corrected chi connectivity index (χ3v) is 6.04. The quantitative estimate of drug-likeness (QED) is 0.809. The van der Waals surface area contributed by atoms with E-state index < -0.39 is 11.5 Å².